The normalized spacial score (nSPS) is 14.1. The molecule has 0 amide bonds. The summed E-state index contributed by atoms with van der Waals surface area (Å²) >= 11 is 0. The maximum atomic E-state index is 13.1. The zero-order valence-corrected chi connectivity index (χ0v) is 62.3. The van der Waals surface area contributed by atoms with Crippen LogP contribution in [-0.4, -0.2) is 96.7 Å². The zero-order chi connectivity index (χ0) is 68.6. The van der Waals surface area contributed by atoms with Gasteiger partial charge in [-0.15, -0.1) is 0 Å². The van der Waals surface area contributed by atoms with Crippen LogP contribution in [0.1, 0.15) is 382 Å². The lowest BCUT2D eigenvalue weighted by atomic mass is 10.0. The lowest BCUT2D eigenvalue weighted by Crippen LogP contribution is -2.30. The maximum Gasteiger partial charge on any atom is 0.472 e. The van der Waals surface area contributed by atoms with Crippen LogP contribution in [0.4, 0.5) is 0 Å². The highest BCUT2D eigenvalue weighted by molar-refractivity contribution is 7.47. The van der Waals surface area contributed by atoms with E-state index in [0.29, 0.717) is 25.7 Å². The molecule has 19 heteroatoms. The van der Waals surface area contributed by atoms with Crippen LogP contribution < -0.4 is 0 Å². The van der Waals surface area contributed by atoms with Gasteiger partial charge in [-0.3, -0.25) is 37.3 Å². The molecule has 5 atom stereocenters. The Morgan fingerprint density at radius 2 is 0.495 bits per heavy atom. The summed E-state index contributed by atoms with van der Waals surface area (Å²) in [6.45, 7) is 9.59. The Labute approximate surface area is 568 Å². The Bertz CT molecular complexity index is 1800. The minimum atomic E-state index is -4.95. The number of unbranched alkanes of at least 4 members (excludes halogenated alkanes) is 43. The lowest BCUT2D eigenvalue weighted by Gasteiger charge is -2.21. The van der Waals surface area contributed by atoms with Gasteiger partial charge < -0.3 is 33.8 Å². The van der Waals surface area contributed by atoms with E-state index in [2.05, 4.69) is 41.5 Å². The number of rotatable bonds is 73. The summed E-state index contributed by atoms with van der Waals surface area (Å²) in [7, 11) is -9.90. The predicted molar refractivity (Wildman–Crippen MR) is 377 cm³/mol. The van der Waals surface area contributed by atoms with Crippen LogP contribution in [0.15, 0.2) is 0 Å². The molecule has 0 saturated heterocycles. The minimum absolute atomic E-state index is 0.108. The second-order valence-corrected chi connectivity index (χ2v) is 30.5. The summed E-state index contributed by atoms with van der Waals surface area (Å²) in [5.41, 5.74) is 0. The van der Waals surface area contributed by atoms with Crippen molar-refractivity contribution in [2.24, 2.45) is 11.8 Å². The van der Waals surface area contributed by atoms with Gasteiger partial charge in [0, 0.05) is 25.7 Å². The van der Waals surface area contributed by atoms with Crippen molar-refractivity contribution in [1.82, 2.24) is 0 Å². The molecule has 0 saturated carbocycles. The van der Waals surface area contributed by atoms with Gasteiger partial charge >= 0.3 is 39.5 Å². The molecule has 0 aliphatic carbocycles. The van der Waals surface area contributed by atoms with Gasteiger partial charge in [0.1, 0.15) is 19.3 Å². The second-order valence-electron chi connectivity index (χ2n) is 27.6. The van der Waals surface area contributed by atoms with Crippen LogP contribution in [0.5, 0.6) is 0 Å². The summed E-state index contributed by atoms with van der Waals surface area (Å²) in [5, 5.41) is 10.6. The Morgan fingerprint density at radius 1 is 0.290 bits per heavy atom. The van der Waals surface area contributed by atoms with Crippen LogP contribution in [-0.2, 0) is 65.4 Å². The second kappa shape index (κ2) is 66.0. The van der Waals surface area contributed by atoms with E-state index in [9.17, 15) is 43.2 Å². The van der Waals surface area contributed by atoms with Gasteiger partial charge in [0.2, 0.25) is 0 Å². The van der Waals surface area contributed by atoms with Crippen molar-refractivity contribution in [2.45, 2.75) is 400 Å². The first kappa shape index (κ1) is 91.1. The van der Waals surface area contributed by atoms with Gasteiger partial charge in [-0.25, -0.2) is 9.13 Å². The van der Waals surface area contributed by atoms with E-state index < -0.39 is 97.5 Å². The molecule has 0 spiro atoms. The number of carbonyl (C=O) groups is 4. The van der Waals surface area contributed by atoms with Gasteiger partial charge in [-0.1, -0.05) is 330 Å². The molecular weight excluding hydrogens is 1220 g/mol. The first-order chi connectivity index (χ1) is 44.9. The average molecular weight is 1370 g/mol. The van der Waals surface area contributed by atoms with E-state index in [1.165, 1.54) is 199 Å². The summed E-state index contributed by atoms with van der Waals surface area (Å²) in [6, 6.07) is 0. The Balaban J connectivity index is 5.22. The van der Waals surface area contributed by atoms with Crippen molar-refractivity contribution in [3.8, 4) is 0 Å². The van der Waals surface area contributed by atoms with Crippen molar-refractivity contribution >= 4 is 39.5 Å². The van der Waals surface area contributed by atoms with E-state index in [0.717, 1.165) is 102 Å². The van der Waals surface area contributed by atoms with E-state index in [1.54, 1.807) is 0 Å². The number of phosphoric ester groups is 2. The lowest BCUT2D eigenvalue weighted by molar-refractivity contribution is -0.161. The van der Waals surface area contributed by atoms with Crippen LogP contribution in [0.3, 0.4) is 0 Å². The molecule has 0 aromatic carbocycles. The molecule has 0 heterocycles. The third kappa shape index (κ3) is 68.4. The number of phosphoric acid groups is 2. The minimum Gasteiger partial charge on any atom is -0.462 e. The molecule has 2 unspecified atom stereocenters. The molecule has 0 radical (unpaired) electrons. The molecular formula is C74H144O17P2. The van der Waals surface area contributed by atoms with Crippen LogP contribution in [0.2, 0.25) is 0 Å². The van der Waals surface area contributed by atoms with Gasteiger partial charge in [-0.2, -0.15) is 0 Å². The van der Waals surface area contributed by atoms with Gasteiger partial charge in [0.05, 0.1) is 26.4 Å². The smallest absolute Gasteiger partial charge is 0.462 e. The standard InChI is InChI=1S/C74H144O17P2/c1-7-9-11-13-15-17-18-22-26-34-40-46-52-58-73(78)90-69(62-84-71(76)56-50-44-38-30-16-14-12-10-8-2)64-88-92(80,81)86-60-68(75)61-87-93(82,83)89-65-70(63-85-72(77)57-51-45-39-33-29-28-32-37-43-49-55-67(5)6)91-74(79)59-53-47-41-35-27-24-21-19-20-23-25-31-36-42-48-54-66(3)4/h66-70,75H,7-65H2,1-6H3,(H,80,81)(H,82,83)/t68-,69+,70+/m0/s1. The quantitative estimate of drug-likeness (QED) is 0.0222. The molecule has 17 nitrogen and oxygen atoms in total. The summed E-state index contributed by atoms with van der Waals surface area (Å²) in [4.78, 5) is 72.7. The zero-order valence-electron chi connectivity index (χ0n) is 60.6. The molecule has 0 rings (SSSR count). The molecule has 93 heavy (non-hydrogen) atoms. The van der Waals surface area contributed by atoms with Crippen molar-refractivity contribution in [1.29, 1.82) is 0 Å². The summed E-state index contributed by atoms with van der Waals surface area (Å²) < 4.78 is 68.4. The fraction of sp³-hybridized carbons (Fsp3) is 0.946. The van der Waals surface area contributed by atoms with Crippen molar-refractivity contribution < 1.29 is 80.2 Å². The summed E-state index contributed by atoms with van der Waals surface area (Å²) in [6.07, 6.45) is 52.6. The average Bonchev–Trinajstić information content (AvgIpc) is 2.04. The number of ether oxygens (including phenoxy) is 4. The van der Waals surface area contributed by atoms with Crippen molar-refractivity contribution in [3.05, 3.63) is 0 Å². The van der Waals surface area contributed by atoms with Gasteiger partial charge in [-0.05, 0) is 37.5 Å². The Morgan fingerprint density at radius 3 is 0.731 bits per heavy atom. The molecule has 0 bridgehead atoms. The molecule has 3 N–H and O–H groups in total. The SMILES string of the molecule is CCCCCCCCCCCCCCCC(=O)O[C@H](COC(=O)CCCCCCCCCCC)COP(=O)(O)OC[C@H](O)COP(=O)(O)OC[C@@H](COC(=O)CCCCCCCCCCCCC(C)C)OC(=O)CCCCCCCCCCCCCCCCCC(C)C. The van der Waals surface area contributed by atoms with Gasteiger partial charge in [0.15, 0.2) is 12.2 Å². The Hall–Kier alpha value is -1.94. The number of aliphatic hydroxyl groups is 1. The molecule has 0 aromatic rings. The third-order valence-electron chi connectivity index (χ3n) is 17.2. The van der Waals surface area contributed by atoms with E-state index >= 15 is 0 Å². The van der Waals surface area contributed by atoms with E-state index in [4.69, 9.17) is 37.0 Å². The highest BCUT2D eigenvalue weighted by Gasteiger charge is 2.30. The van der Waals surface area contributed by atoms with Crippen molar-refractivity contribution in [3.63, 3.8) is 0 Å². The highest BCUT2D eigenvalue weighted by atomic mass is 31.2. The van der Waals surface area contributed by atoms with Crippen LogP contribution in [0.25, 0.3) is 0 Å². The number of esters is 4. The van der Waals surface area contributed by atoms with E-state index in [-0.39, 0.29) is 25.7 Å². The fourth-order valence-electron chi connectivity index (χ4n) is 11.3. The first-order valence-electron chi connectivity index (χ1n) is 38.5. The number of hydrogen-bond acceptors (Lipinski definition) is 15. The number of carbonyl (C=O) groups excluding carboxylic acids is 4. The molecule has 0 aromatic heterocycles. The van der Waals surface area contributed by atoms with Crippen molar-refractivity contribution in [2.75, 3.05) is 39.6 Å². The van der Waals surface area contributed by atoms with E-state index in [1.807, 2.05) is 0 Å². The molecule has 0 fully saturated rings. The third-order valence-corrected chi connectivity index (χ3v) is 19.1. The molecule has 552 valence electrons. The van der Waals surface area contributed by atoms with Gasteiger partial charge in [0.25, 0.3) is 0 Å². The van der Waals surface area contributed by atoms with Crippen LogP contribution in [0, 0.1) is 11.8 Å². The molecule has 0 aliphatic rings. The first-order valence-corrected chi connectivity index (χ1v) is 41.5. The highest BCUT2D eigenvalue weighted by Crippen LogP contribution is 2.45. The fourth-order valence-corrected chi connectivity index (χ4v) is 12.9. The van der Waals surface area contributed by atoms with Crippen LogP contribution >= 0.6 is 15.6 Å². The summed E-state index contributed by atoms with van der Waals surface area (Å²) in [5.74, 6) is -0.557. The number of aliphatic hydroxyl groups excluding tert-OH is 1. The monoisotopic (exact) mass is 1370 g/mol. The molecule has 0 aliphatic heterocycles. The Kier molecular flexibility index (Phi) is 64.6. The maximum absolute atomic E-state index is 13.1. The number of hydrogen-bond donors (Lipinski definition) is 3. The topological polar surface area (TPSA) is 237 Å². The largest absolute Gasteiger partial charge is 0.472 e. The predicted octanol–water partition coefficient (Wildman–Crippen LogP) is 21.6.